The van der Waals surface area contributed by atoms with Gasteiger partial charge in [-0.1, -0.05) is 18.2 Å². The van der Waals surface area contributed by atoms with Crippen molar-refractivity contribution in [2.45, 2.75) is 6.54 Å². The van der Waals surface area contributed by atoms with E-state index in [1.807, 2.05) is 37.4 Å². The molecule has 0 spiro atoms. The summed E-state index contributed by atoms with van der Waals surface area (Å²) >= 11 is 0. The molecule has 2 aromatic rings. The van der Waals surface area contributed by atoms with Gasteiger partial charge in [-0.2, -0.15) is 5.10 Å². The van der Waals surface area contributed by atoms with Gasteiger partial charge in [0.2, 0.25) is 0 Å². The van der Waals surface area contributed by atoms with Gasteiger partial charge in [0.05, 0.1) is 12.2 Å². The fourth-order valence-electron chi connectivity index (χ4n) is 1.61. The summed E-state index contributed by atoms with van der Waals surface area (Å²) in [5.41, 5.74) is 0.992. The molecule has 0 aliphatic rings. The van der Waals surface area contributed by atoms with E-state index in [9.17, 15) is 0 Å². The van der Waals surface area contributed by atoms with E-state index < -0.39 is 0 Å². The molecule has 0 unspecified atom stereocenters. The summed E-state index contributed by atoms with van der Waals surface area (Å²) in [5.74, 6) is 1.55. The average molecular weight is 244 g/mol. The lowest BCUT2D eigenvalue weighted by Gasteiger charge is -2.09. The van der Waals surface area contributed by atoms with E-state index in [-0.39, 0.29) is 0 Å². The third kappa shape index (κ3) is 2.65. The summed E-state index contributed by atoms with van der Waals surface area (Å²) < 4.78 is 1.80. The molecule has 94 valence electrons. The van der Waals surface area contributed by atoms with Crippen LogP contribution in [0, 0.1) is 0 Å². The summed E-state index contributed by atoms with van der Waals surface area (Å²) in [7, 11) is 3.54. The molecule has 2 rings (SSSR count). The van der Waals surface area contributed by atoms with Crippen molar-refractivity contribution in [3.05, 3.63) is 42.5 Å². The molecule has 0 saturated heterocycles. The predicted molar refractivity (Wildman–Crippen MR) is 70.6 cm³/mol. The molecule has 1 heterocycles. The number of guanidine groups is 1. The highest BCUT2D eigenvalue weighted by Gasteiger charge is 2.06. The molecule has 1 aromatic heterocycles. The zero-order valence-electron chi connectivity index (χ0n) is 10.5. The zero-order valence-corrected chi connectivity index (χ0v) is 10.5. The lowest BCUT2D eigenvalue weighted by molar-refractivity contribution is 0.740. The lowest BCUT2D eigenvalue weighted by atomic mass is 10.3. The largest absolute Gasteiger partial charge is 0.359 e. The number of benzene rings is 1. The number of aromatic nitrogens is 3. The molecule has 0 aliphatic heterocycles. The number of nitrogens with one attached hydrogen (secondary N) is 2. The van der Waals surface area contributed by atoms with E-state index in [1.54, 1.807) is 18.1 Å². The van der Waals surface area contributed by atoms with Crippen LogP contribution in [0.2, 0.25) is 0 Å². The molecule has 0 bridgehead atoms. The van der Waals surface area contributed by atoms with Gasteiger partial charge in [0.1, 0.15) is 6.33 Å². The number of aliphatic imine (C=N–C) groups is 1. The van der Waals surface area contributed by atoms with E-state index in [2.05, 4.69) is 25.7 Å². The molecule has 0 atom stereocenters. The van der Waals surface area contributed by atoms with Crippen LogP contribution in [-0.4, -0.2) is 34.8 Å². The van der Waals surface area contributed by atoms with Gasteiger partial charge in [0.25, 0.3) is 0 Å². The summed E-state index contributed by atoms with van der Waals surface area (Å²) in [6, 6.07) is 9.90. The van der Waals surface area contributed by atoms with Gasteiger partial charge < -0.3 is 10.6 Å². The van der Waals surface area contributed by atoms with Crippen molar-refractivity contribution < 1.29 is 0 Å². The molecule has 18 heavy (non-hydrogen) atoms. The predicted octanol–water partition coefficient (Wildman–Crippen LogP) is 0.562. The van der Waals surface area contributed by atoms with Crippen LogP contribution in [0.3, 0.4) is 0 Å². The highest BCUT2D eigenvalue weighted by atomic mass is 15.3. The molecule has 6 heteroatoms. The molecule has 0 fully saturated rings. The second-order valence-electron chi connectivity index (χ2n) is 3.60. The standard InChI is InChI=1S/C12H16N6/c1-13-12(14-2)15-8-11-16-9-17-18(11)10-6-4-3-5-7-10/h3-7,9H,8H2,1-2H3,(H2,13,14,15). The van der Waals surface area contributed by atoms with E-state index in [0.717, 1.165) is 17.5 Å². The maximum absolute atomic E-state index is 4.24. The van der Waals surface area contributed by atoms with Gasteiger partial charge in [-0.25, -0.2) is 9.67 Å². The number of nitrogens with zero attached hydrogens (tertiary/aromatic N) is 4. The Morgan fingerprint density at radius 1 is 1.33 bits per heavy atom. The third-order valence-electron chi connectivity index (χ3n) is 2.49. The van der Waals surface area contributed by atoms with Crippen molar-refractivity contribution >= 4 is 5.96 Å². The Morgan fingerprint density at radius 3 is 2.78 bits per heavy atom. The van der Waals surface area contributed by atoms with Crippen LogP contribution in [0.25, 0.3) is 5.69 Å². The Hall–Kier alpha value is -2.37. The lowest BCUT2D eigenvalue weighted by Crippen LogP contribution is -2.34. The summed E-state index contributed by atoms with van der Waals surface area (Å²) in [6.45, 7) is 0.558. The molecule has 0 amide bonds. The quantitative estimate of drug-likeness (QED) is 0.611. The van der Waals surface area contributed by atoms with Crippen LogP contribution in [-0.2, 0) is 6.54 Å². The highest BCUT2D eigenvalue weighted by Crippen LogP contribution is 2.07. The molecule has 0 radical (unpaired) electrons. The normalized spacial score (nSPS) is 11.3. The first-order valence-electron chi connectivity index (χ1n) is 5.68. The van der Waals surface area contributed by atoms with Crippen LogP contribution in [0.1, 0.15) is 5.82 Å². The maximum Gasteiger partial charge on any atom is 0.191 e. The van der Waals surface area contributed by atoms with Gasteiger partial charge in [-0.3, -0.25) is 4.99 Å². The second kappa shape index (κ2) is 5.81. The molecule has 1 aromatic carbocycles. The summed E-state index contributed by atoms with van der Waals surface area (Å²) in [6.07, 6.45) is 1.55. The van der Waals surface area contributed by atoms with Gasteiger partial charge in [-0.15, -0.1) is 0 Å². The van der Waals surface area contributed by atoms with Crippen molar-refractivity contribution in [2.24, 2.45) is 4.99 Å². The van der Waals surface area contributed by atoms with Crippen molar-refractivity contribution in [1.29, 1.82) is 0 Å². The first-order valence-corrected chi connectivity index (χ1v) is 5.68. The number of hydrogen-bond acceptors (Lipinski definition) is 3. The minimum Gasteiger partial charge on any atom is -0.359 e. The number of para-hydroxylation sites is 1. The Balaban J connectivity index is 2.14. The molecular weight excluding hydrogens is 228 g/mol. The first-order chi connectivity index (χ1) is 8.85. The third-order valence-corrected chi connectivity index (χ3v) is 2.49. The van der Waals surface area contributed by atoms with Crippen LogP contribution >= 0.6 is 0 Å². The second-order valence-corrected chi connectivity index (χ2v) is 3.60. The Kier molecular flexibility index (Phi) is 3.90. The maximum atomic E-state index is 4.24. The van der Waals surface area contributed by atoms with Crippen LogP contribution < -0.4 is 10.6 Å². The Morgan fingerprint density at radius 2 is 2.11 bits per heavy atom. The van der Waals surface area contributed by atoms with Crippen molar-refractivity contribution in [2.75, 3.05) is 14.1 Å². The number of hydrogen-bond donors (Lipinski definition) is 2. The summed E-state index contributed by atoms with van der Waals surface area (Å²) in [5, 5.41) is 10.3. The Labute approximate surface area is 106 Å². The molecule has 6 nitrogen and oxygen atoms in total. The number of rotatable bonds is 3. The van der Waals surface area contributed by atoms with E-state index in [4.69, 9.17) is 0 Å². The minimum atomic E-state index is 0.558. The molecule has 2 N–H and O–H groups in total. The Bertz CT molecular complexity index is 516. The fourth-order valence-corrected chi connectivity index (χ4v) is 1.61. The van der Waals surface area contributed by atoms with Crippen molar-refractivity contribution in [3.8, 4) is 5.69 Å². The topological polar surface area (TPSA) is 67.1 Å². The monoisotopic (exact) mass is 244 g/mol. The van der Waals surface area contributed by atoms with Gasteiger partial charge in [0, 0.05) is 14.1 Å². The van der Waals surface area contributed by atoms with Crippen LogP contribution in [0.4, 0.5) is 0 Å². The van der Waals surface area contributed by atoms with E-state index >= 15 is 0 Å². The molecular formula is C12H16N6. The van der Waals surface area contributed by atoms with E-state index in [0.29, 0.717) is 6.54 Å². The summed E-state index contributed by atoms with van der Waals surface area (Å²) in [4.78, 5) is 8.29. The fraction of sp³-hybridized carbons (Fsp3) is 0.250. The van der Waals surface area contributed by atoms with Crippen LogP contribution in [0.15, 0.2) is 41.7 Å². The van der Waals surface area contributed by atoms with Gasteiger partial charge in [0.15, 0.2) is 11.8 Å². The van der Waals surface area contributed by atoms with Gasteiger partial charge in [-0.05, 0) is 12.1 Å². The SMILES string of the molecule is CN=C(NC)NCc1ncnn1-c1ccccc1. The smallest absolute Gasteiger partial charge is 0.191 e. The minimum absolute atomic E-state index is 0.558. The van der Waals surface area contributed by atoms with Gasteiger partial charge >= 0.3 is 0 Å². The van der Waals surface area contributed by atoms with Crippen molar-refractivity contribution in [3.63, 3.8) is 0 Å². The molecule has 0 saturated carbocycles. The van der Waals surface area contributed by atoms with Crippen LogP contribution in [0.5, 0.6) is 0 Å². The molecule has 0 aliphatic carbocycles. The highest BCUT2D eigenvalue weighted by molar-refractivity contribution is 5.79. The average Bonchev–Trinajstić information content (AvgIpc) is 2.89. The van der Waals surface area contributed by atoms with E-state index in [1.165, 1.54) is 0 Å². The van der Waals surface area contributed by atoms with Crippen molar-refractivity contribution in [1.82, 2.24) is 25.4 Å². The first kappa shape index (κ1) is 12.1. The zero-order chi connectivity index (χ0) is 12.8.